The van der Waals surface area contributed by atoms with Crippen LogP contribution in [-0.2, 0) is 15.0 Å². The largest absolute Gasteiger partial charge is 0.344 e. The van der Waals surface area contributed by atoms with Crippen LogP contribution in [0.5, 0.6) is 0 Å². The van der Waals surface area contributed by atoms with E-state index >= 15 is 0 Å². The van der Waals surface area contributed by atoms with E-state index in [0.717, 1.165) is 31.4 Å². The summed E-state index contributed by atoms with van der Waals surface area (Å²) < 4.78 is 0. The maximum atomic E-state index is 12.5. The standard InChI is InChI=1S/C16H25N3O2S/c1-10(20)17-13(11-7-5-6-8-11)14(21)19-15-18-12(9-22-15)16(2,3)4/h9,11,13H,5-8H2,1-4H3,(H,17,20)(H,18,19,21). The fourth-order valence-corrected chi connectivity index (χ4v) is 3.71. The van der Waals surface area contributed by atoms with Gasteiger partial charge in [0.05, 0.1) is 5.69 Å². The number of carbonyl (C=O) groups is 2. The summed E-state index contributed by atoms with van der Waals surface area (Å²) in [5.41, 5.74) is 0.923. The van der Waals surface area contributed by atoms with Crippen molar-refractivity contribution in [2.24, 2.45) is 5.92 Å². The third-order valence-electron chi connectivity index (χ3n) is 4.02. The second-order valence-electron chi connectivity index (χ2n) is 7.00. The Balaban J connectivity index is 2.07. The van der Waals surface area contributed by atoms with E-state index in [1.54, 1.807) is 0 Å². The molecule has 1 aromatic heterocycles. The average Bonchev–Trinajstić information content (AvgIpc) is 3.05. The SMILES string of the molecule is CC(=O)NC(C(=O)Nc1nc(C(C)(C)C)cs1)C1CCCC1. The van der Waals surface area contributed by atoms with Gasteiger partial charge in [-0.2, -0.15) is 0 Å². The van der Waals surface area contributed by atoms with Crippen molar-refractivity contribution in [1.29, 1.82) is 0 Å². The Morgan fingerprint density at radius 1 is 1.32 bits per heavy atom. The molecule has 0 saturated heterocycles. The molecule has 1 fully saturated rings. The van der Waals surface area contributed by atoms with Crippen molar-refractivity contribution >= 4 is 28.3 Å². The van der Waals surface area contributed by atoms with Crippen molar-refractivity contribution in [3.63, 3.8) is 0 Å². The van der Waals surface area contributed by atoms with E-state index in [4.69, 9.17) is 0 Å². The van der Waals surface area contributed by atoms with Gasteiger partial charge in [0.2, 0.25) is 11.8 Å². The zero-order chi connectivity index (χ0) is 16.3. The van der Waals surface area contributed by atoms with Crippen LogP contribution in [0.3, 0.4) is 0 Å². The van der Waals surface area contributed by atoms with Crippen LogP contribution in [0.4, 0.5) is 5.13 Å². The third kappa shape index (κ3) is 4.29. The Bertz CT molecular complexity index is 542. The predicted molar refractivity (Wildman–Crippen MR) is 89.0 cm³/mol. The highest BCUT2D eigenvalue weighted by atomic mass is 32.1. The molecule has 5 nitrogen and oxygen atoms in total. The van der Waals surface area contributed by atoms with Crippen LogP contribution in [-0.4, -0.2) is 22.8 Å². The van der Waals surface area contributed by atoms with Gasteiger partial charge in [0.1, 0.15) is 6.04 Å². The van der Waals surface area contributed by atoms with Gasteiger partial charge in [-0.1, -0.05) is 33.6 Å². The van der Waals surface area contributed by atoms with Crippen molar-refractivity contribution in [1.82, 2.24) is 10.3 Å². The van der Waals surface area contributed by atoms with Gasteiger partial charge in [-0.3, -0.25) is 9.59 Å². The minimum Gasteiger partial charge on any atom is -0.344 e. The summed E-state index contributed by atoms with van der Waals surface area (Å²) in [7, 11) is 0. The zero-order valence-electron chi connectivity index (χ0n) is 13.7. The van der Waals surface area contributed by atoms with Crippen LogP contribution in [0, 0.1) is 5.92 Å². The smallest absolute Gasteiger partial charge is 0.249 e. The first-order valence-electron chi connectivity index (χ1n) is 7.81. The Kier molecular flexibility index (Phi) is 5.21. The first-order valence-corrected chi connectivity index (χ1v) is 8.69. The van der Waals surface area contributed by atoms with E-state index in [0.29, 0.717) is 5.13 Å². The highest BCUT2D eigenvalue weighted by Gasteiger charge is 2.32. The van der Waals surface area contributed by atoms with Crippen molar-refractivity contribution < 1.29 is 9.59 Å². The quantitative estimate of drug-likeness (QED) is 0.894. The Hall–Kier alpha value is -1.43. The Morgan fingerprint density at radius 3 is 2.45 bits per heavy atom. The summed E-state index contributed by atoms with van der Waals surface area (Å²) in [6, 6.07) is -0.456. The lowest BCUT2D eigenvalue weighted by Crippen LogP contribution is -2.47. The summed E-state index contributed by atoms with van der Waals surface area (Å²) in [5.74, 6) is -0.0931. The normalized spacial score (nSPS) is 17.3. The van der Waals surface area contributed by atoms with E-state index < -0.39 is 6.04 Å². The van der Waals surface area contributed by atoms with Gasteiger partial charge in [-0.25, -0.2) is 4.98 Å². The predicted octanol–water partition coefficient (Wildman–Crippen LogP) is 3.07. The fraction of sp³-hybridized carbons (Fsp3) is 0.688. The van der Waals surface area contributed by atoms with Gasteiger partial charge in [0, 0.05) is 17.7 Å². The van der Waals surface area contributed by atoms with E-state index in [1.165, 1.54) is 18.3 Å². The maximum Gasteiger partial charge on any atom is 0.249 e. The summed E-state index contributed by atoms with van der Waals surface area (Å²) in [4.78, 5) is 28.4. The third-order valence-corrected chi connectivity index (χ3v) is 4.77. The number of nitrogens with zero attached hydrogens (tertiary/aromatic N) is 1. The molecule has 0 bridgehead atoms. The molecule has 6 heteroatoms. The number of hydrogen-bond donors (Lipinski definition) is 2. The van der Waals surface area contributed by atoms with Crippen LogP contribution in [0.25, 0.3) is 0 Å². The fourth-order valence-electron chi connectivity index (χ4n) is 2.77. The summed E-state index contributed by atoms with van der Waals surface area (Å²) >= 11 is 1.43. The first kappa shape index (κ1) is 16.9. The van der Waals surface area contributed by atoms with E-state index in [-0.39, 0.29) is 23.1 Å². The molecule has 0 spiro atoms. The topological polar surface area (TPSA) is 71.1 Å². The van der Waals surface area contributed by atoms with Crippen molar-refractivity contribution in [2.75, 3.05) is 5.32 Å². The monoisotopic (exact) mass is 323 g/mol. The van der Waals surface area contributed by atoms with Gasteiger partial charge >= 0.3 is 0 Å². The number of rotatable bonds is 4. The van der Waals surface area contributed by atoms with E-state index in [9.17, 15) is 9.59 Å². The number of nitrogens with one attached hydrogen (secondary N) is 2. The Morgan fingerprint density at radius 2 is 1.95 bits per heavy atom. The van der Waals surface area contributed by atoms with Crippen LogP contribution >= 0.6 is 11.3 Å². The number of aromatic nitrogens is 1. The second-order valence-corrected chi connectivity index (χ2v) is 7.86. The first-order chi connectivity index (χ1) is 10.3. The maximum absolute atomic E-state index is 12.5. The molecule has 0 radical (unpaired) electrons. The van der Waals surface area contributed by atoms with Crippen LogP contribution in [0.2, 0.25) is 0 Å². The molecule has 122 valence electrons. The zero-order valence-corrected chi connectivity index (χ0v) is 14.5. The number of hydrogen-bond acceptors (Lipinski definition) is 4. The second kappa shape index (κ2) is 6.77. The number of amides is 2. The minimum absolute atomic E-state index is 0.0397. The molecule has 0 aromatic carbocycles. The van der Waals surface area contributed by atoms with Gasteiger partial charge in [0.15, 0.2) is 5.13 Å². The molecule has 2 rings (SSSR count). The lowest BCUT2D eigenvalue weighted by atomic mass is 9.93. The molecule has 0 aliphatic heterocycles. The molecule has 1 heterocycles. The molecule has 1 aliphatic carbocycles. The lowest BCUT2D eigenvalue weighted by molar-refractivity contribution is -0.126. The molecular weight excluding hydrogens is 298 g/mol. The number of carbonyl (C=O) groups excluding carboxylic acids is 2. The summed E-state index contributed by atoms with van der Waals surface area (Å²) in [6.45, 7) is 7.72. The van der Waals surface area contributed by atoms with Gasteiger partial charge < -0.3 is 10.6 Å². The molecule has 1 aromatic rings. The Labute approximate surface area is 135 Å². The van der Waals surface area contributed by atoms with Crippen LogP contribution in [0.15, 0.2) is 5.38 Å². The van der Waals surface area contributed by atoms with Gasteiger partial charge in [0.25, 0.3) is 0 Å². The average molecular weight is 323 g/mol. The molecular formula is C16H25N3O2S. The number of thiazole rings is 1. The lowest BCUT2D eigenvalue weighted by Gasteiger charge is -2.22. The van der Waals surface area contributed by atoms with Crippen molar-refractivity contribution in [3.8, 4) is 0 Å². The molecule has 1 aliphatic rings. The van der Waals surface area contributed by atoms with Gasteiger partial charge in [-0.05, 0) is 18.8 Å². The molecule has 1 atom stereocenters. The minimum atomic E-state index is -0.456. The van der Waals surface area contributed by atoms with E-state index in [1.807, 2.05) is 5.38 Å². The molecule has 22 heavy (non-hydrogen) atoms. The summed E-state index contributed by atoms with van der Waals surface area (Å²) in [6.07, 6.45) is 4.23. The number of anilines is 1. The van der Waals surface area contributed by atoms with Crippen LogP contribution < -0.4 is 10.6 Å². The van der Waals surface area contributed by atoms with Crippen molar-refractivity contribution in [2.45, 2.75) is 64.8 Å². The van der Waals surface area contributed by atoms with Crippen LogP contribution in [0.1, 0.15) is 59.1 Å². The molecule has 1 unspecified atom stereocenters. The van der Waals surface area contributed by atoms with Crippen molar-refractivity contribution in [3.05, 3.63) is 11.1 Å². The molecule has 1 saturated carbocycles. The van der Waals surface area contributed by atoms with E-state index in [2.05, 4.69) is 36.4 Å². The van der Waals surface area contributed by atoms with Gasteiger partial charge in [-0.15, -0.1) is 11.3 Å². The summed E-state index contributed by atoms with van der Waals surface area (Å²) in [5, 5.41) is 8.25. The molecule has 2 amide bonds. The highest BCUT2D eigenvalue weighted by Crippen LogP contribution is 2.30. The molecule has 2 N–H and O–H groups in total. The highest BCUT2D eigenvalue weighted by molar-refractivity contribution is 7.14.